The zero-order chi connectivity index (χ0) is 34.3. The third-order valence-electron chi connectivity index (χ3n) is 10.8. The quantitative estimate of drug-likeness (QED) is 0.328. The Morgan fingerprint density at radius 2 is 1.82 bits per heavy atom. The second-order valence-electron chi connectivity index (χ2n) is 13.2. The standard InChI is InChI=1S/C36H36N4O8S.Ac/c1-16-10-19-11-21-22(12-37)40-23-13-46-36(44)20(38-35(43)18-8-6-5-7-9-18)14-49-34(26-25(23)33-32(47-15-48-33)17(2)29(26)41)28(40)27(39(21)3)24(19)30(42)31(16)45-4;/h5-10,20-23,27-28,34,41-42H,11,13-15H2,1-4H3,(H,38,43);/t20-,21-,22-,23-,27+,28?,34+;/m0./s1. The molecule has 6 aliphatic heterocycles. The van der Waals surface area contributed by atoms with Gasteiger partial charge in [0.15, 0.2) is 23.0 Å². The van der Waals surface area contributed by atoms with E-state index in [1.807, 2.05) is 26.1 Å². The average molecular weight is 912 g/mol. The number of nitrogens with one attached hydrogen (secondary N) is 1. The first kappa shape index (κ1) is 35.2. The number of rotatable bonds is 3. The van der Waals surface area contributed by atoms with Crippen LogP contribution in [0, 0.1) is 69.2 Å². The number of amides is 1. The van der Waals surface area contributed by atoms with Gasteiger partial charge in [0.1, 0.15) is 24.4 Å². The number of ether oxygens (including phenoxy) is 4. The average Bonchev–Trinajstić information content (AvgIpc) is 3.59. The van der Waals surface area contributed by atoms with E-state index in [1.54, 1.807) is 31.2 Å². The van der Waals surface area contributed by atoms with Gasteiger partial charge in [-0.1, -0.05) is 24.3 Å². The Hall–Kier alpha value is -3.20. The van der Waals surface area contributed by atoms with Crippen molar-refractivity contribution in [2.24, 2.45) is 0 Å². The molecule has 2 saturated heterocycles. The third kappa shape index (κ3) is 5.18. The molecular formula is C36H36AcN4O8S. The number of carbonyl (C=O) groups excluding carboxylic acids is 2. The molecular weight excluding hydrogens is 875 g/mol. The molecule has 0 aromatic heterocycles. The predicted octanol–water partition coefficient (Wildman–Crippen LogP) is 3.81. The van der Waals surface area contributed by atoms with Gasteiger partial charge in [-0.25, -0.2) is 4.79 Å². The van der Waals surface area contributed by atoms with Crippen molar-refractivity contribution in [3.63, 3.8) is 0 Å². The fraction of sp³-hybridized carbons (Fsp3) is 0.417. The molecule has 1 radical (unpaired) electrons. The molecule has 50 heavy (non-hydrogen) atoms. The third-order valence-corrected chi connectivity index (χ3v) is 12.2. The summed E-state index contributed by atoms with van der Waals surface area (Å²) in [5.74, 6) is 0.460. The summed E-state index contributed by atoms with van der Waals surface area (Å²) in [6, 6.07) is 9.69. The van der Waals surface area contributed by atoms with Crippen molar-refractivity contribution in [3.05, 3.63) is 75.3 Å². The number of piperazine rings is 1. The summed E-state index contributed by atoms with van der Waals surface area (Å²) in [4.78, 5) is 31.2. The van der Waals surface area contributed by atoms with Crippen LogP contribution in [-0.2, 0) is 16.0 Å². The molecule has 6 heterocycles. The van der Waals surface area contributed by atoms with E-state index in [4.69, 9.17) is 18.9 Å². The van der Waals surface area contributed by atoms with Crippen LogP contribution in [0.3, 0.4) is 0 Å². The number of nitriles is 1. The first-order valence-electron chi connectivity index (χ1n) is 16.2. The van der Waals surface area contributed by atoms with E-state index in [1.165, 1.54) is 18.9 Å². The van der Waals surface area contributed by atoms with Crippen molar-refractivity contribution >= 4 is 23.6 Å². The maximum Gasteiger partial charge on any atom is 0.329 e. The van der Waals surface area contributed by atoms with Crippen molar-refractivity contribution in [2.45, 2.75) is 61.8 Å². The van der Waals surface area contributed by atoms with Crippen LogP contribution in [0.5, 0.6) is 28.7 Å². The number of hydrogen-bond donors (Lipinski definition) is 3. The second kappa shape index (κ2) is 13.4. The van der Waals surface area contributed by atoms with E-state index >= 15 is 0 Å². The van der Waals surface area contributed by atoms with E-state index in [0.29, 0.717) is 51.5 Å². The molecule has 0 saturated carbocycles. The van der Waals surface area contributed by atoms with Gasteiger partial charge in [0, 0.05) is 89.7 Å². The number of esters is 1. The number of methoxy groups -OCH3 is 1. The molecule has 1 amide bonds. The summed E-state index contributed by atoms with van der Waals surface area (Å²) in [7, 11) is 3.50. The molecule has 6 aliphatic rings. The van der Waals surface area contributed by atoms with Crippen LogP contribution in [0.25, 0.3) is 0 Å². The first-order valence-corrected chi connectivity index (χ1v) is 17.3. The summed E-state index contributed by atoms with van der Waals surface area (Å²) in [5, 5.41) is 37.0. The van der Waals surface area contributed by atoms with E-state index in [0.717, 1.165) is 11.1 Å². The largest absolute Gasteiger partial charge is 0.507 e. The topological polar surface area (TPSA) is 154 Å². The van der Waals surface area contributed by atoms with Gasteiger partial charge in [-0.2, -0.15) is 5.26 Å². The van der Waals surface area contributed by atoms with Gasteiger partial charge < -0.3 is 34.5 Å². The fourth-order valence-corrected chi connectivity index (χ4v) is 10.1. The molecule has 2 fully saturated rings. The minimum atomic E-state index is -0.998. The van der Waals surface area contributed by atoms with Gasteiger partial charge in [0.05, 0.1) is 30.5 Å². The maximum atomic E-state index is 13.7. The Morgan fingerprint density at radius 1 is 1.08 bits per heavy atom. The van der Waals surface area contributed by atoms with Crippen LogP contribution in [0.2, 0.25) is 0 Å². The summed E-state index contributed by atoms with van der Waals surface area (Å²) >= 11 is 1.39. The number of aromatic hydroxyl groups is 2. The molecule has 12 nitrogen and oxygen atoms in total. The molecule has 3 N–H and O–H groups in total. The van der Waals surface area contributed by atoms with Crippen molar-refractivity contribution in [2.75, 3.05) is 33.3 Å². The first-order chi connectivity index (χ1) is 23.7. The Balaban J connectivity index is 0.00000392. The van der Waals surface area contributed by atoms with E-state index in [-0.39, 0.29) is 80.8 Å². The van der Waals surface area contributed by atoms with Crippen molar-refractivity contribution in [3.8, 4) is 34.8 Å². The monoisotopic (exact) mass is 911 g/mol. The SMILES string of the molecule is COc1c(C)cc2c(c1O)[C@@H]1C3[C@@H]4SC[C@H](NC(=O)c5ccccc5)C(=O)OC[C@@H](c5c6c(c(C)c(O)c54)OCO6)N3[C@@H](C#N)[C@H](C2)N1C.[Ac]. The van der Waals surface area contributed by atoms with Crippen LogP contribution >= 0.6 is 11.8 Å². The summed E-state index contributed by atoms with van der Waals surface area (Å²) in [5.41, 5.74) is 4.61. The fourth-order valence-electron chi connectivity index (χ4n) is 8.64. The molecule has 9 rings (SSSR count). The van der Waals surface area contributed by atoms with E-state index < -0.39 is 47.3 Å². The van der Waals surface area contributed by atoms with Gasteiger partial charge in [0.2, 0.25) is 6.79 Å². The maximum absolute atomic E-state index is 13.7. The van der Waals surface area contributed by atoms with E-state index in [9.17, 15) is 25.1 Å². The van der Waals surface area contributed by atoms with Crippen molar-refractivity contribution < 1.29 is 82.8 Å². The second-order valence-corrected chi connectivity index (χ2v) is 14.4. The molecule has 0 aliphatic carbocycles. The summed E-state index contributed by atoms with van der Waals surface area (Å²) in [6.45, 7) is 3.45. The molecule has 3 aromatic carbocycles. The van der Waals surface area contributed by atoms with E-state index in [2.05, 4.69) is 21.2 Å². The normalized spacial score (nSPS) is 27.8. The number of aryl methyl sites for hydroxylation is 1. The zero-order valence-electron chi connectivity index (χ0n) is 28.0. The minimum absolute atomic E-state index is 0. The van der Waals surface area contributed by atoms with Crippen molar-refractivity contribution in [1.29, 1.82) is 5.26 Å². The number of thioether (sulfide) groups is 1. The van der Waals surface area contributed by atoms with Crippen LogP contribution in [0.4, 0.5) is 0 Å². The molecule has 1 unspecified atom stereocenters. The molecule has 7 atom stereocenters. The number of nitrogens with zero attached hydrogens (tertiary/aromatic N) is 3. The molecule has 257 valence electrons. The molecule has 3 aromatic rings. The zero-order valence-corrected chi connectivity index (χ0v) is 33.6. The van der Waals surface area contributed by atoms with Gasteiger partial charge >= 0.3 is 5.97 Å². The van der Waals surface area contributed by atoms with Gasteiger partial charge in [-0.05, 0) is 50.6 Å². The molecule has 14 heteroatoms. The summed E-state index contributed by atoms with van der Waals surface area (Å²) in [6.07, 6.45) is 0.504. The number of fused-ring (bicyclic) bond motifs is 10. The van der Waals surface area contributed by atoms with Crippen LogP contribution < -0.4 is 19.5 Å². The Kier molecular flexibility index (Phi) is 9.44. The van der Waals surface area contributed by atoms with Crippen molar-refractivity contribution in [1.82, 2.24) is 15.1 Å². The van der Waals surface area contributed by atoms with Gasteiger partial charge in [-0.3, -0.25) is 14.6 Å². The predicted molar refractivity (Wildman–Crippen MR) is 178 cm³/mol. The number of likely N-dealkylation sites (N-methyl/N-ethyl adjacent to an activating group) is 1. The summed E-state index contributed by atoms with van der Waals surface area (Å²) < 4.78 is 23.6. The van der Waals surface area contributed by atoms with Gasteiger partial charge in [-0.15, -0.1) is 11.8 Å². The number of benzene rings is 3. The minimum Gasteiger partial charge on any atom is -0.507 e. The smallest absolute Gasteiger partial charge is 0.329 e. The molecule has 0 spiro atoms. The number of carbonyl (C=O) groups is 2. The molecule has 4 bridgehead atoms. The number of phenols is 2. The number of phenolic OH excluding ortho intramolecular Hbond substituents is 2. The van der Waals surface area contributed by atoms with Crippen LogP contribution in [-0.4, -0.2) is 89.4 Å². The number of hydrogen-bond acceptors (Lipinski definition) is 12. The Morgan fingerprint density at radius 3 is 2.54 bits per heavy atom. The van der Waals surface area contributed by atoms with Gasteiger partial charge in [0.25, 0.3) is 5.91 Å². The van der Waals surface area contributed by atoms with Crippen LogP contribution in [0.1, 0.15) is 61.1 Å². The van der Waals surface area contributed by atoms with Crippen LogP contribution in [0.15, 0.2) is 36.4 Å². The Labute approximate surface area is 329 Å². The Bertz CT molecular complexity index is 1940.